The minimum atomic E-state index is 0.162. The summed E-state index contributed by atoms with van der Waals surface area (Å²) in [6, 6.07) is 0. The van der Waals surface area contributed by atoms with Crippen LogP contribution < -0.4 is 0 Å². The van der Waals surface area contributed by atoms with Crippen LogP contribution in [0.2, 0.25) is 0 Å². The molecule has 0 radical (unpaired) electrons. The first-order valence-electron chi connectivity index (χ1n) is 11.0. The van der Waals surface area contributed by atoms with Gasteiger partial charge in [0.15, 0.2) is 0 Å². The van der Waals surface area contributed by atoms with E-state index in [0.717, 1.165) is 18.3 Å². The molecule has 8 atom stereocenters. The molecule has 0 heterocycles. The van der Waals surface area contributed by atoms with Gasteiger partial charge in [-0.1, -0.05) is 50.1 Å². The van der Waals surface area contributed by atoms with E-state index in [9.17, 15) is 0 Å². The van der Waals surface area contributed by atoms with E-state index in [4.69, 9.17) is 9.47 Å². The van der Waals surface area contributed by atoms with Gasteiger partial charge in [0.05, 0.1) is 12.2 Å². The van der Waals surface area contributed by atoms with Crippen LogP contribution in [0.25, 0.3) is 0 Å². The first-order valence-corrected chi connectivity index (χ1v) is 11.0. The molecule has 0 aromatic heterocycles. The number of ether oxygens (including phenoxy) is 2. The number of rotatable bonds is 4. The maximum Gasteiger partial charge on any atom is 0.0668 e. The summed E-state index contributed by atoms with van der Waals surface area (Å²) < 4.78 is 11.9. The molecular formula is C25H38O2. The lowest BCUT2D eigenvalue weighted by Gasteiger charge is -2.60. The van der Waals surface area contributed by atoms with Crippen LogP contribution in [0.15, 0.2) is 36.0 Å². The maximum atomic E-state index is 6.23. The Balaban J connectivity index is 1.70. The number of hydrogen-bond donors (Lipinski definition) is 0. The van der Waals surface area contributed by atoms with Crippen LogP contribution in [0.5, 0.6) is 0 Å². The molecule has 0 unspecified atom stereocenters. The van der Waals surface area contributed by atoms with Crippen molar-refractivity contribution in [3.63, 3.8) is 0 Å². The van der Waals surface area contributed by atoms with Crippen LogP contribution in [0.1, 0.15) is 59.3 Å². The highest BCUT2D eigenvalue weighted by Gasteiger charge is 2.60. The predicted molar refractivity (Wildman–Crippen MR) is 112 cm³/mol. The maximum absolute atomic E-state index is 6.23. The summed E-state index contributed by atoms with van der Waals surface area (Å²) >= 11 is 0. The fourth-order valence-electron chi connectivity index (χ4n) is 7.53. The Morgan fingerprint density at radius 1 is 1.15 bits per heavy atom. The van der Waals surface area contributed by atoms with Crippen molar-refractivity contribution in [3.8, 4) is 0 Å². The number of allylic oxidation sites excluding steroid dienone is 3. The molecule has 150 valence electrons. The molecular weight excluding hydrogens is 332 g/mol. The Morgan fingerprint density at radius 3 is 2.59 bits per heavy atom. The minimum absolute atomic E-state index is 0.162. The standard InChI is InChI=1S/C25H38O2/c1-7-16(2)20-10-11-21-19-9-8-17-14-18(26-5)12-13-24(17,3)22(19)15-23(27-6)25(20,21)4/h7-8,10,16,18-19,21-23H,1,9,11-15H2,2-6H3/t16-,18+,19+,21+,22+,23-,24+,25-/m1/s1. The molecule has 2 heteroatoms. The lowest BCUT2D eigenvalue weighted by atomic mass is 9.46. The monoisotopic (exact) mass is 370 g/mol. The van der Waals surface area contributed by atoms with Gasteiger partial charge in [-0.2, -0.15) is 0 Å². The molecule has 0 amide bonds. The summed E-state index contributed by atoms with van der Waals surface area (Å²) in [7, 11) is 3.81. The third kappa shape index (κ3) is 2.66. The van der Waals surface area contributed by atoms with Crippen LogP contribution >= 0.6 is 0 Å². The van der Waals surface area contributed by atoms with Crippen LogP contribution in [0.3, 0.4) is 0 Å². The molecule has 0 N–H and O–H groups in total. The summed E-state index contributed by atoms with van der Waals surface area (Å²) in [6.45, 7) is 11.4. The highest BCUT2D eigenvalue weighted by molar-refractivity contribution is 5.34. The molecule has 2 fully saturated rings. The van der Waals surface area contributed by atoms with Gasteiger partial charge in [0, 0.05) is 19.6 Å². The third-order valence-corrected chi connectivity index (χ3v) is 9.24. The van der Waals surface area contributed by atoms with Crippen molar-refractivity contribution in [2.24, 2.45) is 34.5 Å². The largest absolute Gasteiger partial charge is 0.381 e. The van der Waals surface area contributed by atoms with Crippen molar-refractivity contribution < 1.29 is 9.47 Å². The van der Waals surface area contributed by atoms with E-state index in [1.807, 2.05) is 14.2 Å². The summed E-state index contributed by atoms with van der Waals surface area (Å²) in [5, 5.41) is 0. The Morgan fingerprint density at radius 2 is 1.93 bits per heavy atom. The molecule has 4 rings (SSSR count). The van der Waals surface area contributed by atoms with Gasteiger partial charge in [-0.25, -0.2) is 0 Å². The zero-order valence-corrected chi connectivity index (χ0v) is 18.0. The average Bonchev–Trinajstić information content (AvgIpc) is 3.04. The first kappa shape index (κ1) is 19.5. The summed E-state index contributed by atoms with van der Waals surface area (Å²) in [4.78, 5) is 0. The van der Waals surface area contributed by atoms with E-state index >= 15 is 0 Å². The van der Waals surface area contributed by atoms with Gasteiger partial charge in [-0.3, -0.25) is 0 Å². The smallest absolute Gasteiger partial charge is 0.0668 e. The Kier molecular flexibility index (Phi) is 4.96. The van der Waals surface area contributed by atoms with E-state index < -0.39 is 0 Å². The lowest BCUT2D eigenvalue weighted by molar-refractivity contribution is -0.120. The topological polar surface area (TPSA) is 18.5 Å². The van der Waals surface area contributed by atoms with E-state index in [-0.39, 0.29) is 5.41 Å². The van der Waals surface area contributed by atoms with Crippen LogP contribution in [-0.4, -0.2) is 26.4 Å². The Labute approximate surface area is 166 Å². The molecule has 0 bridgehead atoms. The Hall–Kier alpha value is -0.860. The lowest BCUT2D eigenvalue weighted by Crippen LogP contribution is -2.56. The van der Waals surface area contributed by atoms with E-state index in [1.165, 1.54) is 32.1 Å². The number of fused-ring (bicyclic) bond motifs is 5. The molecule has 0 aliphatic heterocycles. The highest BCUT2D eigenvalue weighted by atomic mass is 16.5. The van der Waals surface area contributed by atoms with E-state index in [0.29, 0.717) is 29.5 Å². The van der Waals surface area contributed by atoms with E-state index in [2.05, 4.69) is 45.6 Å². The summed E-state index contributed by atoms with van der Waals surface area (Å²) in [5.41, 5.74) is 3.75. The average molecular weight is 371 g/mol. The fourth-order valence-corrected chi connectivity index (χ4v) is 7.53. The van der Waals surface area contributed by atoms with Crippen LogP contribution in [-0.2, 0) is 9.47 Å². The quantitative estimate of drug-likeness (QED) is 0.570. The third-order valence-electron chi connectivity index (χ3n) is 9.24. The van der Waals surface area contributed by atoms with Gasteiger partial charge in [0.1, 0.15) is 0 Å². The second kappa shape index (κ2) is 6.88. The minimum Gasteiger partial charge on any atom is -0.381 e. The van der Waals surface area contributed by atoms with Gasteiger partial charge in [-0.15, -0.1) is 6.58 Å². The van der Waals surface area contributed by atoms with Crippen LogP contribution in [0.4, 0.5) is 0 Å². The molecule has 4 aliphatic rings. The normalized spacial score (nSPS) is 47.2. The predicted octanol–water partition coefficient (Wildman–Crippen LogP) is 5.95. The molecule has 2 nitrogen and oxygen atoms in total. The van der Waals surface area contributed by atoms with Crippen molar-refractivity contribution in [1.29, 1.82) is 0 Å². The van der Waals surface area contributed by atoms with Gasteiger partial charge >= 0.3 is 0 Å². The Bertz CT molecular complexity index is 661. The van der Waals surface area contributed by atoms with Crippen LogP contribution in [0, 0.1) is 34.5 Å². The van der Waals surface area contributed by atoms with Crippen molar-refractivity contribution in [2.45, 2.75) is 71.5 Å². The summed E-state index contributed by atoms with van der Waals surface area (Å²) in [5.74, 6) is 2.66. The molecule has 2 saturated carbocycles. The number of hydrogen-bond acceptors (Lipinski definition) is 2. The van der Waals surface area contributed by atoms with Gasteiger partial charge in [-0.05, 0) is 67.6 Å². The second-order valence-electron chi connectivity index (χ2n) is 10.0. The summed E-state index contributed by atoms with van der Waals surface area (Å²) in [6.07, 6.45) is 15.2. The number of methoxy groups -OCH3 is 2. The molecule has 0 saturated heterocycles. The fraction of sp³-hybridized carbons (Fsp3) is 0.760. The highest BCUT2D eigenvalue weighted by Crippen LogP contribution is 2.66. The van der Waals surface area contributed by atoms with Gasteiger partial charge in [0.25, 0.3) is 0 Å². The van der Waals surface area contributed by atoms with Gasteiger partial charge in [0.2, 0.25) is 0 Å². The molecule has 0 spiro atoms. The second-order valence-corrected chi connectivity index (χ2v) is 10.0. The van der Waals surface area contributed by atoms with Gasteiger partial charge < -0.3 is 9.47 Å². The molecule has 0 aromatic carbocycles. The molecule has 27 heavy (non-hydrogen) atoms. The van der Waals surface area contributed by atoms with Crippen molar-refractivity contribution in [1.82, 2.24) is 0 Å². The first-order chi connectivity index (χ1) is 12.9. The zero-order chi connectivity index (χ0) is 19.4. The van der Waals surface area contributed by atoms with Crippen molar-refractivity contribution in [3.05, 3.63) is 36.0 Å². The van der Waals surface area contributed by atoms with Crippen molar-refractivity contribution >= 4 is 0 Å². The SMILES string of the molecule is C=C[C@@H](C)C1=CC[C@H]2[C@@H]3CC=C4C[C@@H](OC)CC[C@]4(C)[C@H]3C[C@@H](OC)[C@]12C. The van der Waals surface area contributed by atoms with E-state index in [1.54, 1.807) is 11.1 Å². The molecule has 0 aromatic rings. The van der Waals surface area contributed by atoms with Crippen molar-refractivity contribution in [2.75, 3.05) is 14.2 Å². The molecule has 4 aliphatic carbocycles. The zero-order valence-electron chi connectivity index (χ0n) is 18.0.